The lowest BCUT2D eigenvalue weighted by Crippen LogP contribution is -2.15. The smallest absolute Gasteiger partial charge is 0.264 e. The van der Waals surface area contributed by atoms with E-state index in [9.17, 15) is 8.42 Å². The Bertz CT molecular complexity index is 1510. The van der Waals surface area contributed by atoms with E-state index in [4.69, 9.17) is 9.47 Å². The zero-order valence-electron chi connectivity index (χ0n) is 17.7. The predicted octanol–water partition coefficient (Wildman–Crippen LogP) is 4.61. The Hall–Kier alpha value is -3.61. The molecule has 4 aromatic rings. The number of hydrogen-bond acceptors (Lipinski definition) is 6. The lowest BCUT2D eigenvalue weighted by molar-refractivity contribution is 0.413. The number of aromatic nitrogens is 2. The van der Waals surface area contributed by atoms with Crippen LogP contribution in [-0.2, 0) is 10.0 Å². The largest absolute Gasteiger partial charge is 0.496 e. The van der Waals surface area contributed by atoms with Crippen molar-refractivity contribution in [2.24, 2.45) is 0 Å². The maximum Gasteiger partial charge on any atom is 0.264 e. The summed E-state index contributed by atoms with van der Waals surface area (Å²) >= 11 is 3.42. The van der Waals surface area contributed by atoms with Crippen LogP contribution in [-0.4, -0.2) is 32.6 Å². The maximum atomic E-state index is 13.3. The van der Waals surface area contributed by atoms with Crippen LogP contribution >= 0.6 is 15.9 Å². The maximum absolute atomic E-state index is 13.3. The second kappa shape index (κ2) is 9.48. The average Bonchev–Trinajstić information content (AvgIpc) is 2.83. The molecule has 0 aliphatic heterocycles. The van der Waals surface area contributed by atoms with Crippen LogP contribution in [0, 0.1) is 11.8 Å². The normalized spacial score (nSPS) is 10.9. The SMILES string of the molecule is COc1ccncc1C#Cc1cc(Br)ccc1NS(=O)(=O)c1ccc(OC)c2cccnc12. The fourth-order valence-electron chi connectivity index (χ4n) is 3.21. The van der Waals surface area contributed by atoms with Gasteiger partial charge >= 0.3 is 0 Å². The summed E-state index contributed by atoms with van der Waals surface area (Å²) in [4.78, 5) is 8.38. The first-order chi connectivity index (χ1) is 15.9. The lowest BCUT2D eigenvalue weighted by Gasteiger charge is -2.13. The van der Waals surface area contributed by atoms with Crippen molar-refractivity contribution in [2.45, 2.75) is 4.90 Å². The first-order valence-corrected chi connectivity index (χ1v) is 11.9. The molecule has 2 aromatic heterocycles. The van der Waals surface area contributed by atoms with E-state index < -0.39 is 10.0 Å². The van der Waals surface area contributed by atoms with Crippen LogP contribution in [0.5, 0.6) is 11.5 Å². The first-order valence-electron chi connectivity index (χ1n) is 9.67. The van der Waals surface area contributed by atoms with Gasteiger partial charge in [-0.2, -0.15) is 0 Å². The monoisotopic (exact) mass is 523 g/mol. The van der Waals surface area contributed by atoms with Crippen molar-refractivity contribution in [1.29, 1.82) is 0 Å². The molecule has 0 aliphatic carbocycles. The van der Waals surface area contributed by atoms with Gasteiger partial charge in [0, 0.05) is 28.4 Å². The van der Waals surface area contributed by atoms with Crippen molar-refractivity contribution in [3.05, 3.63) is 82.7 Å². The van der Waals surface area contributed by atoms with Crippen LogP contribution in [0.3, 0.4) is 0 Å². The van der Waals surface area contributed by atoms with Crippen LogP contribution in [0.25, 0.3) is 10.9 Å². The van der Waals surface area contributed by atoms with Crippen molar-refractivity contribution in [1.82, 2.24) is 9.97 Å². The van der Waals surface area contributed by atoms with Crippen molar-refractivity contribution >= 4 is 42.5 Å². The minimum atomic E-state index is -3.98. The molecule has 2 aromatic carbocycles. The summed E-state index contributed by atoms with van der Waals surface area (Å²) < 4.78 is 40.7. The van der Waals surface area contributed by atoms with Gasteiger partial charge in [0.2, 0.25) is 0 Å². The van der Waals surface area contributed by atoms with Gasteiger partial charge in [0.25, 0.3) is 10.0 Å². The van der Waals surface area contributed by atoms with Crippen molar-refractivity contribution in [3.63, 3.8) is 0 Å². The van der Waals surface area contributed by atoms with E-state index in [-0.39, 0.29) is 4.90 Å². The van der Waals surface area contributed by atoms with Crippen LogP contribution in [0.2, 0.25) is 0 Å². The Morgan fingerprint density at radius 2 is 1.73 bits per heavy atom. The van der Waals surface area contributed by atoms with E-state index >= 15 is 0 Å². The Morgan fingerprint density at radius 3 is 2.52 bits per heavy atom. The molecule has 0 fully saturated rings. The van der Waals surface area contributed by atoms with Gasteiger partial charge < -0.3 is 9.47 Å². The van der Waals surface area contributed by atoms with Crippen molar-refractivity contribution < 1.29 is 17.9 Å². The van der Waals surface area contributed by atoms with E-state index in [1.54, 1.807) is 68.2 Å². The Kier molecular flexibility index (Phi) is 6.49. The quantitative estimate of drug-likeness (QED) is 0.384. The molecule has 4 rings (SSSR count). The first kappa shape index (κ1) is 22.6. The van der Waals surface area contributed by atoms with Gasteiger partial charge in [-0.3, -0.25) is 14.7 Å². The highest BCUT2D eigenvalue weighted by Gasteiger charge is 2.21. The van der Waals surface area contributed by atoms with Crippen LogP contribution < -0.4 is 14.2 Å². The molecule has 1 N–H and O–H groups in total. The summed E-state index contributed by atoms with van der Waals surface area (Å²) in [5.41, 5.74) is 1.70. The van der Waals surface area contributed by atoms with Gasteiger partial charge in [0.15, 0.2) is 0 Å². The van der Waals surface area contributed by atoms with E-state index in [0.717, 1.165) is 4.47 Å². The Labute approximate surface area is 200 Å². The minimum Gasteiger partial charge on any atom is -0.496 e. The van der Waals surface area contributed by atoms with E-state index in [1.165, 1.54) is 13.2 Å². The van der Waals surface area contributed by atoms with E-state index in [2.05, 4.69) is 42.5 Å². The lowest BCUT2D eigenvalue weighted by atomic mass is 10.1. The van der Waals surface area contributed by atoms with E-state index in [1.807, 2.05) is 0 Å². The third-order valence-electron chi connectivity index (χ3n) is 4.76. The number of anilines is 1. The molecule has 33 heavy (non-hydrogen) atoms. The number of sulfonamides is 1. The summed E-state index contributed by atoms with van der Waals surface area (Å²) in [5.74, 6) is 7.12. The van der Waals surface area contributed by atoms with Gasteiger partial charge in [-0.25, -0.2) is 8.42 Å². The van der Waals surface area contributed by atoms with Gasteiger partial charge in [-0.15, -0.1) is 0 Å². The summed E-state index contributed by atoms with van der Waals surface area (Å²) in [6.45, 7) is 0. The zero-order valence-corrected chi connectivity index (χ0v) is 20.1. The molecule has 0 aliphatic rings. The van der Waals surface area contributed by atoms with Crippen molar-refractivity contribution in [3.8, 4) is 23.3 Å². The second-order valence-electron chi connectivity index (χ2n) is 6.79. The van der Waals surface area contributed by atoms with Gasteiger partial charge in [-0.1, -0.05) is 27.8 Å². The average molecular weight is 524 g/mol. The van der Waals surface area contributed by atoms with Gasteiger partial charge in [0.1, 0.15) is 16.4 Å². The number of benzene rings is 2. The summed E-state index contributed by atoms with van der Waals surface area (Å²) in [7, 11) is -0.910. The van der Waals surface area contributed by atoms with Crippen LogP contribution in [0.4, 0.5) is 5.69 Å². The molecule has 9 heteroatoms. The number of halogens is 1. The number of hydrogen-bond donors (Lipinski definition) is 1. The number of ether oxygens (including phenoxy) is 2. The highest BCUT2D eigenvalue weighted by Crippen LogP contribution is 2.31. The van der Waals surface area contributed by atoms with Gasteiger partial charge in [0.05, 0.1) is 36.6 Å². The number of methoxy groups -OCH3 is 2. The molecule has 0 saturated heterocycles. The molecule has 7 nitrogen and oxygen atoms in total. The second-order valence-corrected chi connectivity index (χ2v) is 9.35. The van der Waals surface area contributed by atoms with Crippen molar-refractivity contribution in [2.75, 3.05) is 18.9 Å². The molecular formula is C24H18BrN3O4S. The predicted molar refractivity (Wildman–Crippen MR) is 130 cm³/mol. The molecule has 0 atom stereocenters. The highest BCUT2D eigenvalue weighted by atomic mass is 79.9. The molecule has 2 heterocycles. The topological polar surface area (TPSA) is 90.4 Å². The highest BCUT2D eigenvalue weighted by molar-refractivity contribution is 9.10. The molecular weight excluding hydrogens is 506 g/mol. The Morgan fingerprint density at radius 1 is 0.939 bits per heavy atom. The molecule has 0 unspecified atom stereocenters. The summed E-state index contributed by atoms with van der Waals surface area (Å²) in [5, 5.41) is 0.599. The summed E-state index contributed by atoms with van der Waals surface area (Å²) in [6.07, 6.45) is 4.73. The minimum absolute atomic E-state index is 0.0367. The third-order valence-corrected chi connectivity index (χ3v) is 6.65. The van der Waals surface area contributed by atoms with Crippen LogP contribution in [0.1, 0.15) is 11.1 Å². The molecule has 0 spiro atoms. The van der Waals surface area contributed by atoms with Crippen LogP contribution in [0.15, 0.2) is 76.5 Å². The molecule has 166 valence electrons. The molecule has 0 amide bonds. The number of nitrogens with one attached hydrogen (secondary N) is 1. The number of rotatable bonds is 5. The molecule has 0 bridgehead atoms. The fourth-order valence-corrected chi connectivity index (χ4v) is 4.82. The third kappa shape index (κ3) is 4.77. The standard InChI is InChI=1S/C24H18BrN3O4S/c1-31-21-11-13-26-15-17(21)6-5-16-14-18(25)7-8-20(16)28-33(29,30)23-10-9-22(32-2)19-4-3-12-27-24(19)23/h3-4,7-15,28H,1-2H3. The fraction of sp³-hybridized carbons (Fsp3) is 0.0833. The Balaban J connectivity index is 1.77. The summed E-state index contributed by atoms with van der Waals surface area (Å²) in [6, 6.07) is 13.4. The number of nitrogens with zero attached hydrogens (tertiary/aromatic N) is 2. The zero-order chi connectivity index (χ0) is 23.4. The molecule has 0 radical (unpaired) electrons. The van der Waals surface area contributed by atoms with Gasteiger partial charge in [-0.05, 0) is 48.5 Å². The number of fused-ring (bicyclic) bond motifs is 1. The molecule has 0 saturated carbocycles. The van der Waals surface area contributed by atoms with E-state index in [0.29, 0.717) is 39.2 Å². The number of pyridine rings is 2.